The predicted octanol–water partition coefficient (Wildman–Crippen LogP) is 4.18. The molecule has 4 fully saturated rings. The van der Waals surface area contributed by atoms with Crippen LogP contribution in [0.25, 0.3) is 0 Å². The third-order valence-electron chi connectivity index (χ3n) is 9.13. The molecular weight excluding hydrogens is 324 g/mol. The molecule has 148 valence electrons. The Kier molecular flexibility index (Phi) is 5.03. The summed E-state index contributed by atoms with van der Waals surface area (Å²) >= 11 is 0. The smallest absolute Gasteiger partial charge is 0.0882 e. The minimum Gasteiger partial charge on any atom is -0.393 e. The lowest BCUT2D eigenvalue weighted by Gasteiger charge is -2.57. The standard InChI is InChI=1S/C23H38O3/c1-4-23-12-10-18-17-9-11-22(25,14-26-3)13-16(17)5-6-19(18)21(23)8-7-20(23)15(2)24/h4,15-21,24-25H,1,5-14H2,2-3H3/t15?,16-,17+,18-,19-,20-,21+,22-,23-/m1/s1. The van der Waals surface area contributed by atoms with Gasteiger partial charge in [-0.1, -0.05) is 6.08 Å². The summed E-state index contributed by atoms with van der Waals surface area (Å²) < 4.78 is 5.30. The SMILES string of the molecule is C=C[C@]12CC[C@H]3[C@@H](CC[C@@H]4C[C@@](O)(COC)CC[C@@H]43)[C@@H]1CC[C@@H]2C(C)O. The van der Waals surface area contributed by atoms with Gasteiger partial charge in [-0.05, 0) is 106 Å². The second kappa shape index (κ2) is 6.90. The molecule has 9 atom stereocenters. The first-order valence-corrected chi connectivity index (χ1v) is 11.0. The molecule has 0 saturated heterocycles. The molecule has 0 amide bonds. The van der Waals surface area contributed by atoms with Gasteiger partial charge in [-0.25, -0.2) is 0 Å². The molecule has 0 aromatic heterocycles. The van der Waals surface area contributed by atoms with E-state index in [2.05, 4.69) is 12.7 Å². The van der Waals surface area contributed by atoms with Crippen LogP contribution in [0.3, 0.4) is 0 Å². The van der Waals surface area contributed by atoms with Crippen molar-refractivity contribution in [3.05, 3.63) is 12.7 Å². The zero-order valence-corrected chi connectivity index (χ0v) is 16.7. The third-order valence-corrected chi connectivity index (χ3v) is 9.13. The van der Waals surface area contributed by atoms with Crippen LogP contribution in [0.1, 0.15) is 64.7 Å². The number of allylic oxidation sites excluding steroid dienone is 1. The second-order valence-electron chi connectivity index (χ2n) is 10.1. The van der Waals surface area contributed by atoms with Gasteiger partial charge in [-0.15, -0.1) is 6.58 Å². The van der Waals surface area contributed by atoms with Gasteiger partial charge in [0, 0.05) is 7.11 Å². The fourth-order valence-electron chi connectivity index (χ4n) is 8.22. The molecule has 0 aliphatic heterocycles. The summed E-state index contributed by atoms with van der Waals surface area (Å²) in [5, 5.41) is 21.3. The van der Waals surface area contributed by atoms with E-state index in [1.807, 2.05) is 6.92 Å². The lowest BCUT2D eigenvalue weighted by atomic mass is 9.48. The molecule has 0 aromatic rings. The molecule has 4 aliphatic rings. The minimum atomic E-state index is -0.590. The second-order valence-corrected chi connectivity index (χ2v) is 10.1. The van der Waals surface area contributed by atoms with Gasteiger partial charge in [0.05, 0.1) is 18.3 Å². The van der Waals surface area contributed by atoms with Crippen LogP contribution in [-0.4, -0.2) is 35.6 Å². The molecule has 3 nitrogen and oxygen atoms in total. The van der Waals surface area contributed by atoms with Crippen LogP contribution in [-0.2, 0) is 4.74 Å². The summed E-state index contributed by atoms with van der Waals surface area (Å²) in [6.07, 6.45) is 12.5. The Labute approximate surface area is 159 Å². The first-order chi connectivity index (χ1) is 12.4. The van der Waals surface area contributed by atoms with E-state index in [-0.39, 0.29) is 11.5 Å². The molecule has 0 bridgehead atoms. The van der Waals surface area contributed by atoms with Crippen LogP contribution < -0.4 is 0 Å². The van der Waals surface area contributed by atoms with Gasteiger partial charge < -0.3 is 14.9 Å². The number of methoxy groups -OCH3 is 1. The molecule has 4 rings (SSSR count). The van der Waals surface area contributed by atoms with E-state index in [9.17, 15) is 10.2 Å². The summed E-state index contributed by atoms with van der Waals surface area (Å²) in [4.78, 5) is 0. The van der Waals surface area contributed by atoms with Crippen molar-refractivity contribution < 1.29 is 14.9 Å². The van der Waals surface area contributed by atoms with E-state index < -0.39 is 5.60 Å². The monoisotopic (exact) mass is 362 g/mol. The van der Waals surface area contributed by atoms with Gasteiger partial charge in [-0.3, -0.25) is 0 Å². The van der Waals surface area contributed by atoms with Crippen molar-refractivity contribution in [2.45, 2.75) is 76.4 Å². The van der Waals surface area contributed by atoms with Crippen LogP contribution in [0.2, 0.25) is 0 Å². The summed E-state index contributed by atoms with van der Waals surface area (Å²) in [5.41, 5.74) is -0.416. The number of hydrogen-bond donors (Lipinski definition) is 2. The highest BCUT2D eigenvalue weighted by Crippen LogP contribution is 2.65. The van der Waals surface area contributed by atoms with Gasteiger partial charge in [0.2, 0.25) is 0 Å². The average molecular weight is 363 g/mol. The van der Waals surface area contributed by atoms with E-state index in [0.717, 1.165) is 36.5 Å². The molecular formula is C23H38O3. The maximum atomic E-state index is 10.9. The van der Waals surface area contributed by atoms with Gasteiger partial charge in [0.15, 0.2) is 0 Å². The highest BCUT2D eigenvalue weighted by atomic mass is 16.5. The number of ether oxygens (including phenoxy) is 1. The number of aliphatic hydroxyl groups is 2. The minimum absolute atomic E-state index is 0.174. The van der Waals surface area contributed by atoms with Crippen molar-refractivity contribution >= 4 is 0 Å². The van der Waals surface area contributed by atoms with Crippen LogP contribution >= 0.6 is 0 Å². The van der Waals surface area contributed by atoms with Crippen LogP contribution in [0.4, 0.5) is 0 Å². The van der Waals surface area contributed by atoms with Crippen molar-refractivity contribution in [2.24, 2.45) is 40.9 Å². The number of rotatable bonds is 4. The van der Waals surface area contributed by atoms with Crippen LogP contribution in [0.15, 0.2) is 12.7 Å². The molecule has 2 N–H and O–H groups in total. The van der Waals surface area contributed by atoms with Gasteiger partial charge in [0.25, 0.3) is 0 Å². The zero-order valence-electron chi connectivity index (χ0n) is 16.7. The number of fused-ring (bicyclic) bond motifs is 5. The zero-order chi connectivity index (χ0) is 18.5. The quantitative estimate of drug-likeness (QED) is 0.738. The van der Waals surface area contributed by atoms with Gasteiger partial charge >= 0.3 is 0 Å². The normalized spacial score (nSPS) is 51.8. The maximum absolute atomic E-state index is 10.9. The summed E-state index contributed by atoms with van der Waals surface area (Å²) in [6.45, 7) is 6.72. The fourth-order valence-corrected chi connectivity index (χ4v) is 8.22. The Balaban J connectivity index is 1.53. The van der Waals surface area contributed by atoms with Crippen molar-refractivity contribution in [1.82, 2.24) is 0 Å². The largest absolute Gasteiger partial charge is 0.393 e. The molecule has 4 saturated carbocycles. The Morgan fingerprint density at radius 3 is 2.54 bits per heavy atom. The molecule has 0 spiro atoms. The van der Waals surface area contributed by atoms with Crippen LogP contribution in [0.5, 0.6) is 0 Å². The molecule has 0 radical (unpaired) electrons. The molecule has 4 aliphatic carbocycles. The molecule has 1 unspecified atom stereocenters. The first-order valence-electron chi connectivity index (χ1n) is 11.0. The number of hydrogen-bond acceptors (Lipinski definition) is 3. The molecule has 26 heavy (non-hydrogen) atoms. The van der Waals surface area contributed by atoms with E-state index in [4.69, 9.17) is 4.74 Å². The van der Waals surface area contributed by atoms with Crippen molar-refractivity contribution in [2.75, 3.05) is 13.7 Å². The van der Waals surface area contributed by atoms with Gasteiger partial charge in [0.1, 0.15) is 0 Å². The molecule has 0 aromatic carbocycles. The first kappa shape index (κ1) is 19.0. The Morgan fingerprint density at radius 2 is 1.85 bits per heavy atom. The van der Waals surface area contributed by atoms with Crippen LogP contribution in [0, 0.1) is 40.9 Å². The van der Waals surface area contributed by atoms with E-state index >= 15 is 0 Å². The highest BCUT2D eigenvalue weighted by molar-refractivity contribution is 5.15. The van der Waals surface area contributed by atoms with E-state index in [1.54, 1.807) is 7.11 Å². The van der Waals surface area contributed by atoms with Crippen molar-refractivity contribution in [3.63, 3.8) is 0 Å². The molecule has 0 heterocycles. The van der Waals surface area contributed by atoms with Crippen molar-refractivity contribution in [1.29, 1.82) is 0 Å². The third kappa shape index (κ3) is 2.81. The Bertz CT molecular complexity index is 532. The van der Waals surface area contributed by atoms with Crippen molar-refractivity contribution in [3.8, 4) is 0 Å². The highest BCUT2D eigenvalue weighted by Gasteiger charge is 2.59. The summed E-state index contributed by atoms with van der Waals surface area (Å²) in [7, 11) is 1.70. The fraction of sp³-hybridized carbons (Fsp3) is 0.913. The average Bonchev–Trinajstić information content (AvgIpc) is 3.01. The predicted molar refractivity (Wildman–Crippen MR) is 104 cm³/mol. The Morgan fingerprint density at radius 1 is 1.08 bits per heavy atom. The van der Waals surface area contributed by atoms with E-state index in [1.165, 1.54) is 44.9 Å². The summed E-state index contributed by atoms with van der Waals surface area (Å²) in [6, 6.07) is 0. The van der Waals surface area contributed by atoms with Gasteiger partial charge in [-0.2, -0.15) is 0 Å². The topological polar surface area (TPSA) is 49.7 Å². The maximum Gasteiger partial charge on any atom is 0.0882 e. The summed E-state index contributed by atoms with van der Waals surface area (Å²) in [5.74, 6) is 4.22. The Hall–Kier alpha value is -0.380. The molecule has 3 heteroatoms. The lowest BCUT2D eigenvalue weighted by molar-refractivity contribution is -0.123. The van der Waals surface area contributed by atoms with E-state index in [0.29, 0.717) is 18.4 Å². The lowest BCUT2D eigenvalue weighted by Crippen LogP contribution is -2.52. The number of aliphatic hydroxyl groups excluding tert-OH is 1.